The summed E-state index contributed by atoms with van der Waals surface area (Å²) in [6.07, 6.45) is -1.96. The van der Waals surface area contributed by atoms with Crippen LogP contribution in [-0.2, 0) is 0 Å². The summed E-state index contributed by atoms with van der Waals surface area (Å²) in [5, 5.41) is 14.1. The molecule has 1 aromatic carbocycles. The first-order valence-electron chi connectivity index (χ1n) is 10.4. The van der Waals surface area contributed by atoms with Gasteiger partial charge in [-0.05, 0) is 52.4 Å². The SMILES string of the molecule is CC(c1nc(/C=C/C(C)(C)O)cc2c(N[C@@H]3CCN(C)C[C@@H]3F)cccc12)C(F)(F)F. The minimum atomic E-state index is -4.46. The molecule has 1 fully saturated rings. The predicted octanol–water partition coefficient (Wildman–Crippen LogP) is 5.14. The minimum Gasteiger partial charge on any atom is -0.386 e. The number of aromatic nitrogens is 1. The van der Waals surface area contributed by atoms with Gasteiger partial charge in [-0.1, -0.05) is 18.2 Å². The van der Waals surface area contributed by atoms with Crippen LogP contribution >= 0.6 is 0 Å². The monoisotopic (exact) mass is 439 g/mol. The van der Waals surface area contributed by atoms with Gasteiger partial charge in [-0.25, -0.2) is 4.39 Å². The van der Waals surface area contributed by atoms with Crippen LogP contribution in [0.2, 0.25) is 0 Å². The van der Waals surface area contributed by atoms with E-state index in [4.69, 9.17) is 0 Å². The number of hydrogen-bond acceptors (Lipinski definition) is 4. The molecule has 3 atom stereocenters. The van der Waals surface area contributed by atoms with E-state index in [-0.39, 0.29) is 5.69 Å². The van der Waals surface area contributed by atoms with Gasteiger partial charge in [-0.2, -0.15) is 13.2 Å². The lowest BCUT2D eigenvalue weighted by molar-refractivity contribution is -0.146. The van der Waals surface area contributed by atoms with Crippen molar-refractivity contribution in [1.82, 2.24) is 9.88 Å². The van der Waals surface area contributed by atoms with Crippen molar-refractivity contribution in [1.29, 1.82) is 0 Å². The zero-order valence-electron chi connectivity index (χ0n) is 18.2. The van der Waals surface area contributed by atoms with Crippen LogP contribution in [0.3, 0.4) is 0 Å². The normalized spacial score (nSPS) is 22.2. The Hall–Kier alpha value is -2.19. The van der Waals surface area contributed by atoms with Crippen molar-refractivity contribution in [3.05, 3.63) is 41.7 Å². The van der Waals surface area contributed by atoms with Crippen LogP contribution in [0.15, 0.2) is 30.3 Å². The lowest BCUT2D eigenvalue weighted by Gasteiger charge is -2.33. The third-order valence-corrected chi connectivity index (χ3v) is 5.57. The van der Waals surface area contributed by atoms with Crippen molar-refractivity contribution in [3.63, 3.8) is 0 Å². The fraction of sp³-hybridized carbons (Fsp3) is 0.522. The van der Waals surface area contributed by atoms with Gasteiger partial charge in [0.2, 0.25) is 0 Å². The van der Waals surface area contributed by atoms with Gasteiger partial charge in [-0.3, -0.25) is 4.98 Å². The zero-order chi connectivity index (χ0) is 23.0. The molecule has 2 heterocycles. The van der Waals surface area contributed by atoms with Crippen molar-refractivity contribution in [3.8, 4) is 0 Å². The molecule has 2 N–H and O–H groups in total. The summed E-state index contributed by atoms with van der Waals surface area (Å²) in [6, 6.07) is 6.27. The highest BCUT2D eigenvalue weighted by atomic mass is 19.4. The van der Waals surface area contributed by atoms with E-state index >= 15 is 0 Å². The second-order valence-corrected chi connectivity index (χ2v) is 8.90. The fourth-order valence-electron chi connectivity index (χ4n) is 3.73. The van der Waals surface area contributed by atoms with Gasteiger partial charge in [-0.15, -0.1) is 0 Å². The van der Waals surface area contributed by atoms with E-state index in [0.29, 0.717) is 35.1 Å². The maximum Gasteiger partial charge on any atom is 0.397 e. The number of nitrogens with zero attached hydrogens (tertiary/aromatic N) is 2. The van der Waals surface area contributed by atoms with Crippen LogP contribution in [0, 0.1) is 0 Å². The average Bonchev–Trinajstić information content (AvgIpc) is 2.66. The first-order chi connectivity index (χ1) is 14.3. The molecule has 1 saturated heterocycles. The maximum absolute atomic E-state index is 14.6. The van der Waals surface area contributed by atoms with Gasteiger partial charge in [0.25, 0.3) is 0 Å². The second kappa shape index (κ2) is 8.74. The Kier molecular flexibility index (Phi) is 6.62. The Bertz CT molecular complexity index is 952. The van der Waals surface area contributed by atoms with Crippen LogP contribution in [0.1, 0.15) is 44.5 Å². The highest BCUT2D eigenvalue weighted by Crippen LogP contribution is 2.39. The number of anilines is 1. The van der Waals surface area contributed by atoms with Crippen molar-refractivity contribution < 1.29 is 22.7 Å². The molecule has 0 radical (unpaired) electrons. The standard InChI is InChI=1S/C23H29F4N3O/c1-14(23(25,26)27)21-16-6-5-7-19(29-20-9-11-30(4)13-18(20)24)17(16)12-15(28-21)8-10-22(2,3)31/h5-8,10,12,14,18,20,29,31H,9,11,13H2,1-4H3/b10-8+/t14?,18-,20+/m0/s1. The first-order valence-corrected chi connectivity index (χ1v) is 10.4. The van der Waals surface area contributed by atoms with Crippen molar-refractivity contribution in [2.45, 2.75) is 57.1 Å². The smallest absolute Gasteiger partial charge is 0.386 e. The average molecular weight is 439 g/mol. The number of rotatable bonds is 5. The molecular formula is C23H29F4N3O. The lowest BCUT2D eigenvalue weighted by atomic mass is 9.97. The molecule has 1 aliphatic heterocycles. The number of alkyl halides is 4. The number of halogens is 4. The zero-order valence-corrected chi connectivity index (χ0v) is 18.2. The Balaban J connectivity index is 2.10. The first kappa shape index (κ1) is 23.5. The van der Waals surface area contributed by atoms with Crippen LogP contribution in [0.25, 0.3) is 16.8 Å². The molecule has 1 aliphatic rings. The molecule has 1 aromatic heterocycles. The molecule has 31 heavy (non-hydrogen) atoms. The third kappa shape index (κ3) is 5.74. The largest absolute Gasteiger partial charge is 0.397 e. The molecule has 0 saturated carbocycles. The molecule has 2 aromatic rings. The number of aliphatic hydroxyl groups is 1. The summed E-state index contributed by atoms with van der Waals surface area (Å²) in [4.78, 5) is 6.17. The number of benzene rings is 1. The second-order valence-electron chi connectivity index (χ2n) is 8.90. The van der Waals surface area contributed by atoms with Gasteiger partial charge in [0, 0.05) is 29.5 Å². The summed E-state index contributed by atoms with van der Waals surface area (Å²) in [5.74, 6) is -1.78. The number of fused-ring (bicyclic) bond motifs is 1. The van der Waals surface area contributed by atoms with Crippen molar-refractivity contribution in [2.75, 3.05) is 25.5 Å². The molecule has 8 heteroatoms. The quantitative estimate of drug-likeness (QED) is 0.634. The van der Waals surface area contributed by atoms with Crippen molar-refractivity contribution in [2.24, 2.45) is 0 Å². The van der Waals surface area contributed by atoms with Crippen LogP contribution in [-0.4, -0.2) is 59.1 Å². The van der Waals surface area contributed by atoms with Gasteiger partial charge in [0.1, 0.15) is 6.17 Å². The fourth-order valence-corrected chi connectivity index (χ4v) is 3.73. The molecule has 3 rings (SSSR count). The van der Waals surface area contributed by atoms with E-state index in [0.717, 1.165) is 13.5 Å². The molecule has 1 unspecified atom stereocenters. The molecule has 170 valence electrons. The topological polar surface area (TPSA) is 48.4 Å². The summed E-state index contributed by atoms with van der Waals surface area (Å²) in [7, 11) is 1.86. The van der Waals surface area contributed by atoms with Crippen LogP contribution < -0.4 is 5.32 Å². The Morgan fingerprint density at radius 2 is 1.97 bits per heavy atom. The van der Waals surface area contributed by atoms with E-state index in [1.54, 1.807) is 38.1 Å². The molecule has 4 nitrogen and oxygen atoms in total. The molecule has 0 bridgehead atoms. The number of nitrogens with one attached hydrogen (secondary N) is 1. The van der Waals surface area contributed by atoms with E-state index in [1.807, 2.05) is 11.9 Å². The van der Waals surface area contributed by atoms with E-state index in [9.17, 15) is 22.7 Å². The number of likely N-dealkylation sites (tertiary alicyclic amines) is 1. The summed E-state index contributed by atoms with van der Waals surface area (Å²) < 4.78 is 55.3. The Morgan fingerprint density at radius 1 is 1.26 bits per heavy atom. The number of piperidine rings is 1. The Labute approximate surface area is 180 Å². The van der Waals surface area contributed by atoms with Crippen molar-refractivity contribution >= 4 is 22.5 Å². The summed E-state index contributed by atoms with van der Waals surface area (Å²) in [6.45, 7) is 5.26. The number of hydrogen-bond donors (Lipinski definition) is 2. The van der Waals surface area contributed by atoms with Crippen LogP contribution in [0.4, 0.5) is 23.2 Å². The maximum atomic E-state index is 14.6. The van der Waals surface area contributed by atoms with E-state index in [1.165, 1.54) is 12.2 Å². The van der Waals surface area contributed by atoms with Gasteiger partial charge < -0.3 is 15.3 Å². The minimum absolute atomic E-state index is 0.0933. The molecule has 0 amide bonds. The predicted molar refractivity (Wildman–Crippen MR) is 116 cm³/mol. The van der Waals surface area contributed by atoms with Crippen LogP contribution in [0.5, 0.6) is 0 Å². The highest BCUT2D eigenvalue weighted by Gasteiger charge is 2.39. The van der Waals surface area contributed by atoms with E-state index in [2.05, 4.69) is 10.3 Å². The number of pyridine rings is 1. The van der Waals surface area contributed by atoms with Gasteiger partial charge in [0.05, 0.1) is 28.9 Å². The van der Waals surface area contributed by atoms with E-state index < -0.39 is 29.9 Å². The van der Waals surface area contributed by atoms with Gasteiger partial charge in [0.15, 0.2) is 0 Å². The highest BCUT2D eigenvalue weighted by molar-refractivity contribution is 5.96. The van der Waals surface area contributed by atoms with Gasteiger partial charge >= 0.3 is 6.18 Å². The Morgan fingerprint density at radius 3 is 2.58 bits per heavy atom. The summed E-state index contributed by atoms with van der Waals surface area (Å²) >= 11 is 0. The summed E-state index contributed by atoms with van der Waals surface area (Å²) in [5.41, 5.74) is -0.357. The molecular weight excluding hydrogens is 410 g/mol. The lowest BCUT2D eigenvalue weighted by Crippen LogP contribution is -2.46. The molecule has 0 aliphatic carbocycles. The third-order valence-electron chi connectivity index (χ3n) is 5.57. The molecule has 0 spiro atoms.